The summed E-state index contributed by atoms with van der Waals surface area (Å²) >= 11 is 0. The minimum absolute atomic E-state index is 0.0780. The van der Waals surface area contributed by atoms with Crippen LogP contribution in [0.15, 0.2) is 18.3 Å². The Balaban J connectivity index is 0.00000192. The first-order chi connectivity index (χ1) is 14.0. The van der Waals surface area contributed by atoms with Crippen LogP contribution in [-0.4, -0.2) is 50.6 Å². The fourth-order valence-electron chi connectivity index (χ4n) is 2.09. The number of aliphatic hydroxyl groups is 1. The summed E-state index contributed by atoms with van der Waals surface area (Å²) in [7, 11) is 0. The molecule has 0 spiro atoms. The van der Waals surface area contributed by atoms with E-state index in [1.54, 1.807) is 24.7 Å². The van der Waals surface area contributed by atoms with Gasteiger partial charge in [0, 0.05) is 25.2 Å². The van der Waals surface area contributed by atoms with Crippen molar-refractivity contribution < 1.29 is 19.4 Å². The molecule has 0 unspecified atom stereocenters. The summed E-state index contributed by atoms with van der Waals surface area (Å²) in [4.78, 5) is 23.2. The molecule has 0 aliphatic carbocycles. The number of nitrogens with one attached hydrogen (secondary N) is 1. The summed E-state index contributed by atoms with van der Waals surface area (Å²) in [6.07, 6.45) is 6.23. The van der Waals surface area contributed by atoms with Crippen LogP contribution < -0.4 is 5.32 Å². The number of nitrogens with zero attached hydrogens (tertiary/aromatic N) is 3. The Labute approximate surface area is 181 Å². The van der Waals surface area contributed by atoms with Crippen molar-refractivity contribution in [2.24, 2.45) is 11.8 Å². The molecule has 172 valence electrons. The molecule has 0 aromatic carbocycles. The van der Waals surface area contributed by atoms with Crippen LogP contribution in [0.4, 0.5) is 0 Å². The minimum atomic E-state index is -0.344. The molecule has 0 saturated carbocycles. The van der Waals surface area contributed by atoms with Gasteiger partial charge in [-0.25, -0.2) is 4.68 Å². The number of aliphatic hydroxyl groups excluding tert-OH is 1. The van der Waals surface area contributed by atoms with E-state index in [0.717, 1.165) is 12.8 Å². The number of ether oxygens (including phenoxy) is 1. The van der Waals surface area contributed by atoms with Crippen molar-refractivity contribution in [1.29, 1.82) is 0 Å². The van der Waals surface area contributed by atoms with Gasteiger partial charge in [0.15, 0.2) is 5.78 Å². The van der Waals surface area contributed by atoms with Crippen LogP contribution in [0.3, 0.4) is 0 Å². The van der Waals surface area contributed by atoms with Crippen molar-refractivity contribution in [2.45, 2.75) is 80.0 Å². The van der Waals surface area contributed by atoms with Gasteiger partial charge in [-0.1, -0.05) is 39.8 Å². The molecule has 1 amide bonds. The molecule has 0 radical (unpaired) electrons. The van der Waals surface area contributed by atoms with Gasteiger partial charge in [0.25, 0.3) is 0 Å². The third-order valence-electron chi connectivity index (χ3n) is 3.95. The monoisotopic (exact) mass is 424 g/mol. The highest BCUT2D eigenvalue weighted by molar-refractivity contribution is 5.98. The summed E-state index contributed by atoms with van der Waals surface area (Å²) in [5, 5.41) is 18.7. The molecular formula is C22H40N4O4. The van der Waals surface area contributed by atoms with E-state index < -0.39 is 0 Å². The number of rotatable bonds is 12. The standard InChI is InChI=1S/C19H32N4O3.C3H8O/c1-14(2)9-10-26-19(5,6)13-23-12-16(21-22-23)11-20-18(25)8-7-17(24)15(3)4;1-2-3-4/h7-8,12,14-15H,9-11,13H2,1-6H3,(H,20,25);4H,2-3H2,1H3/b8-7-;. The van der Waals surface area contributed by atoms with Crippen molar-refractivity contribution in [3.05, 3.63) is 24.0 Å². The molecule has 1 heterocycles. The third kappa shape index (κ3) is 14.0. The average Bonchev–Trinajstić information content (AvgIpc) is 3.10. The van der Waals surface area contributed by atoms with E-state index in [4.69, 9.17) is 9.84 Å². The summed E-state index contributed by atoms with van der Waals surface area (Å²) < 4.78 is 7.64. The minimum Gasteiger partial charge on any atom is -0.396 e. The van der Waals surface area contributed by atoms with Crippen LogP contribution in [0, 0.1) is 11.8 Å². The highest BCUT2D eigenvalue weighted by Crippen LogP contribution is 2.14. The lowest BCUT2D eigenvalue weighted by Crippen LogP contribution is -2.31. The molecule has 0 aliphatic heterocycles. The van der Waals surface area contributed by atoms with Crippen molar-refractivity contribution in [3.8, 4) is 0 Å². The zero-order valence-corrected chi connectivity index (χ0v) is 19.6. The Morgan fingerprint density at radius 2 is 1.90 bits per heavy atom. The first kappa shape index (κ1) is 27.9. The molecule has 1 aromatic rings. The van der Waals surface area contributed by atoms with Crippen molar-refractivity contribution in [2.75, 3.05) is 13.2 Å². The lowest BCUT2D eigenvalue weighted by atomic mass is 10.1. The lowest BCUT2D eigenvalue weighted by Gasteiger charge is -2.25. The van der Waals surface area contributed by atoms with E-state index in [1.165, 1.54) is 12.2 Å². The molecular weight excluding hydrogens is 384 g/mol. The van der Waals surface area contributed by atoms with Crippen LogP contribution in [0.25, 0.3) is 0 Å². The van der Waals surface area contributed by atoms with Gasteiger partial charge in [-0.2, -0.15) is 0 Å². The van der Waals surface area contributed by atoms with Crippen molar-refractivity contribution >= 4 is 11.7 Å². The quantitative estimate of drug-likeness (QED) is 0.500. The first-order valence-electron chi connectivity index (χ1n) is 10.6. The molecule has 30 heavy (non-hydrogen) atoms. The fourth-order valence-corrected chi connectivity index (χ4v) is 2.09. The van der Waals surface area contributed by atoms with Gasteiger partial charge in [-0.15, -0.1) is 5.10 Å². The number of hydrogen-bond acceptors (Lipinski definition) is 6. The molecule has 0 atom stereocenters. The number of aromatic nitrogens is 3. The van der Waals surface area contributed by atoms with Gasteiger partial charge in [0.05, 0.1) is 24.9 Å². The second-order valence-electron chi connectivity index (χ2n) is 8.53. The van der Waals surface area contributed by atoms with E-state index in [-0.39, 0.29) is 29.8 Å². The van der Waals surface area contributed by atoms with Crippen molar-refractivity contribution in [1.82, 2.24) is 20.3 Å². The Morgan fingerprint density at radius 3 is 2.43 bits per heavy atom. The number of carbonyl (C=O) groups excluding carboxylic acids is 2. The Hall–Kier alpha value is -2.06. The second-order valence-corrected chi connectivity index (χ2v) is 8.53. The highest BCUT2D eigenvalue weighted by atomic mass is 16.5. The topological polar surface area (TPSA) is 106 Å². The molecule has 0 bridgehead atoms. The first-order valence-corrected chi connectivity index (χ1v) is 10.6. The predicted octanol–water partition coefficient (Wildman–Crippen LogP) is 2.91. The number of hydrogen-bond donors (Lipinski definition) is 2. The zero-order chi connectivity index (χ0) is 23.2. The van der Waals surface area contributed by atoms with E-state index in [0.29, 0.717) is 31.4 Å². The maximum Gasteiger partial charge on any atom is 0.244 e. The maximum atomic E-state index is 11.7. The number of allylic oxidation sites excluding steroid dienone is 1. The average molecular weight is 425 g/mol. The van der Waals surface area contributed by atoms with Gasteiger partial charge < -0.3 is 15.2 Å². The van der Waals surface area contributed by atoms with E-state index in [2.05, 4.69) is 29.5 Å². The van der Waals surface area contributed by atoms with E-state index in [1.807, 2.05) is 20.8 Å². The van der Waals surface area contributed by atoms with Gasteiger partial charge in [-0.3, -0.25) is 9.59 Å². The van der Waals surface area contributed by atoms with Gasteiger partial charge in [0.1, 0.15) is 5.69 Å². The van der Waals surface area contributed by atoms with E-state index >= 15 is 0 Å². The number of ketones is 1. The normalized spacial score (nSPS) is 11.7. The molecule has 2 N–H and O–H groups in total. The third-order valence-corrected chi connectivity index (χ3v) is 3.95. The zero-order valence-electron chi connectivity index (χ0n) is 19.6. The van der Waals surface area contributed by atoms with Crippen molar-refractivity contribution in [3.63, 3.8) is 0 Å². The Kier molecular flexibility index (Phi) is 13.8. The predicted molar refractivity (Wildman–Crippen MR) is 118 cm³/mol. The van der Waals surface area contributed by atoms with Gasteiger partial charge in [0.2, 0.25) is 5.91 Å². The molecule has 0 saturated heterocycles. The number of carbonyl (C=O) groups is 2. The van der Waals surface area contributed by atoms with Gasteiger partial charge in [-0.05, 0) is 38.7 Å². The number of amides is 1. The molecule has 8 heteroatoms. The summed E-state index contributed by atoms with van der Waals surface area (Å²) in [5.41, 5.74) is 0.309. The lowest BCUT2D eigenvalue weighted by molar-refractivity contribution is -0.119. The summed E-state index contributed by atoms with van der Waals surface area (Å²) in [6.45, 7) is 15.8. The van der Waals surface area contributed by atoms with E-state index in [9.17, 15) is 9.59 Å². The molecule has 0 aliphatic rings. The van der Waals surface area contributed by atoms with Crippen LogP contribution in [0.5, 0.6) is 0 Å². The van der Waals surface area contributed by atoms with Crippen LogP contribution in [0.1, 0.15) is 67.0 Å². The fraction of sp³-hybridized carbons (Fsp3) is 0.727. The SMILES string of the molecule is CC(C)CCOC(C)(C)Cn1cc(CNC(=O)/C=C\C(=O)C(C)C)nn1.CCCO. The highest BCUT2D eigenvalue weighted by Gasteiger charge is 2.20. The Morgan fingerprint density at radius 1 is 1.27 bits per heavy atom. The largest absolute Gasteiger partial charge is 0.396 e. The second kappa shape index (κ2) is 14.8. The smallest absolute Gasteiger partial charge is 0.244 e. The molecule has 0 fully saturated rings. The molecule has 8 nitrogen and oxygen atoms in total. The van der Waals surface area contributed by atoms with Crippen LogP contribution in [0.2, 0.25) is 0 Å². The van der Waals surface area contributed by atoms with Gasteiger partial charge >= 0.3 is 0 Å². The Bertz CT molecular complexity index is 649. The van der Waals surface area contributed by atoms with Crippen LogP contribution >= 0.6 is 0 Å². The molecule has 1 rings (SSSR count). The van der Waals surface area contributed by atoms with Crippen LogP contribution in [-0.2, 0) is 27.4 Å². The summed E-state index contributed by atoms with van der Waals surface area (Å²) in [5.74, 6) is 0.0824. The summed E-state index contributed by atoms with van der Waals surface area (Å²) in [6, 6.07) is 0. The molecule has 1 aromatic heterocycles. The maximum absolute atomic E-state index is 11.7.